The van der Waals surface area contributed by atoms with Crippen molar-refractivity contribution in [3.8, 4) is 5.82 Å². The van der Waals surface area contributed by atoms with Crippen LogP contribution in [0.2, 0.25) is 0 Å². The molecule has 0 saturated heterocycles. The number of imidazole rings is 1. The van der Waals surface area contributed by atoms with Gasteiger partial charge in [-0.15, -0.1) is 0 Å². The third kappa shape index (κ3) is 2.34. The van der Waals surface area contributed by atoms with Crippen LogP contribution < -0.4 is 5.32 Å². The van der Waals surface area contributed by atoms with Crippen LogP contribution in [-0.2, 0) is 0 Å². The molecule has 0 unspecified atom stereocenters. The molecule has 0 bridgehead atoms. The number of aromatic nitrogens is 5. The molecule has 3 heterocycles. The van der Waals surface area contributed by atoms with E-state index in [4.69, 9.17) is 0 Å². The summed E-state index contributed by atoms with van der Waals surface area (Å²) in [5, 5.41) is 6.78. The van der Waals surface area contributed by atoms with Crippen LogP contribution in [0.15, 0.2) is 55.5 Å². The SMILES string of the molecule is O=C(Nc1ccc(-n2cccn2)nc1)n1ccnc1. The largest absolute Gasteiger partial charge is 0.331 e. The first-order valence-electron chi connectivity index (χ1n) is 5.58. The van der Waals surface area contributed by atoms with Crippen LogP contribution in [0.1, 0.15) is 0 Å². The second-order valence-electron chi connectivity index (χ2n) is 3.76. The predicted octanol–water partition coefficient (Wildman–Crippen LogP) is 1.54. The van der Waals surface area contributed by atoms with Gasteiger partial charge in [0.1, 0.15) is 6.33 Å². The van der Waals surface area contributed by atoms with Crippen LogP contribution in [0, 0.1) is 0 Å². The first-order valence-corrected chi connectivity index (χ1v) is 5.58. The third-order valence-electron chi connectivity index (χ3n) is 2.48. The summed E-state index contributed by atoms with van der Waals surface area (Å²) in [7, 11) is 0. The summed E-state index contributed by atoms with van der Waals surface area (Å²) in [5.41, 5.74) is 0.606. The maximum Gasteiger partial charge on any atom is 0.331 e. The molecule has 0 aromatic carbocycles. The highest BCUT2D eigenvalue weighted by Crippen LogP contribution is 2.09. The van der Waals surface area contributed by atoms with Crippen molar-refractivity contribution in [1.29, 1.82) is 0 Å². The highest BCUT2D eigenvalue weighted by atomic mass is 16.2. The van der Waals surface area contributed by atoms with E-state index in [1.54, 1.807) is 47.8 Å². The van der Waals surface area contributed by atoms with Crippen molar-refractivity contribution < 1.29 is 4.79 Å². The Morgan fingerprint density at radius 3 is 2.79 bits per heavy atom. The summed E-state index contributed by atoms with van der Waals surface area (Å²) >= 11 is 0. The summed E-state index contributed by atoms with van der Waals surface area (Å²) in [6.07, 6.45) is 9.59. The summed E-state index contributed by atoms with van der Waals surface area (Å²) in [6.45, 7) is 0. The average Bonchev–Trinajstić information content (AvgIpc) is 3.13. The lowest BCUT2D eigenvalue weighted by Gasteiger charge is -2.05. The second-order valence-corrected chi connectivity index (χ2v) is 3.76. The van der Waals surface area contributed by atoms with E-state index < -0.39 is 0 Å². The van der Waals surface area contributed by atoms with Crippen molar-refractivity contribution in [1.82, 2.24) is 24.3 Å². The van der Waals surface area contributed by atoms with E-state index in [9.17, 15) is 4.79 Å². The van der Waals surface area contributed by atoms with Gasteiger partial charge in [0.15, 0.2) is 5.82 Å². The molecule has 7 heteroatoms. The molecule has 0 radical (unpaired) electrons. The first kappa shape index (κ1) is 11.1. The van der Waals surface area contributed by atoms with Gasteiger partial charge < -0.3 is 5.32 Å². The Balaban J connectivity index is 1.75. The summed E-state index contributed by atoms with van der Waals surface area (Å²) in [6, 6.07) is 5.07. The van der Waals surface area contributed by atoms with Gasteiger partial charge in [0, 0.05) is 24.8 Å². The van der Waals surface area contributed by atoms with Crippen LogP contribution in [0.4, 0.5) is 10.5 Å². The fourth-order valence-corrected chi connectivity index (χ4v) is 1.57. The number of amides is 1. The fraction of sp³-hybridized carbons (Fsp3) is 0. The lowest BCUT2D eigenvalue weighted by atomic mass is 10.4. The summed E-state index contributed by atoms with van der Waals surface area (Å²) in [4.78, 5) is 19.8. The minimum Gasteiger partial charge on any atom is -0.306 e. The molecule has 19 heavy (non-hydrogen) atoms. The van der Waals surface area contributed by atoms with Gasteiger partial charge >= 0.3 is 6.03 Å². The van der Waals surface area contributed by atoms with Gasteiger partial charge in [0.2, 0.25) is 0 Å². The van der Waals surface area contributed by atoms with E-state index in [0.717, 1.165) is 0 Å². The monoisotopic (exact) mass is 254 g/mol. The van der Waals surface area contributed by atoms with Crippen LogP contribution in [0.25, 0.3) is 5.82 Å². The number of carbonyl (C=O) groups excluding carboxylic acids is 1. The molecule has 0 aliphatic rings. The highest BCUT2D eigenvalue weighted by Gasteiger charge is 2.04. The Labute approximate surface area is 108 Å². The molecule has 1 amide bonds. The molecule has 0 atom stereocenters. The van der Waals surface area contributed by atoms with Gasteiger partial charge in [-0.1, -0.05) is 0 Å². The first-order chi connectivity index (χ1) is 9.33. The Kier molecular flexibility index (Phi) is 2.77. The van der Waals surface area contributed by atoms with Crippen molar-refractivity contribution in [3.05, 3.63) is 55.5 Å². The third-order valence-corrected chi connectivity index (χ3v) is 2.48. The van der Waals surface area contributed by atoms with E-state index in [0.29, 0.717) is 11.5 Å². The number of nitrogens with zero attached hydrogens (tertiary/aromatic N) is 5. The summed E-state index contributed by atoms with van der Waals surface area (Å²) in [5.74, 6) is 0.686. The molecule has 3 aromatic rings. The van der Waals surface area contributed by atoms with Gasteiger partial charge in [-0.3, -0.25) is 4.57 Å². The number of nitrogens with one attached hydrogen (secondary N) is 1. The maximum atomic E-state index is 11.8. The zero-order chi connectivity index (χ0) is 13.1. The normalized spacial score (nSPS) is 10.3. The lowest BCUT2D eigenvalue weighted by Crippen LogP contribution is -2.17. The van der Waals surface area contributed by atoms with E-state index in [1.807, 2.05) is 6.07 Å². The topological polar surface area (TPSA) is 77.6 Å². The molecule has 0 aliphatic heterocycles. The van der Waals surface area contributed by atoms with Crippen LogP contribution in [0.5, 0.6) is 0 Å². The highest BCUT2D eigenvalue weighted by molar-refractivity contribution is 5.90. The van der Waals surface area contributed by atoms with E-state index >= 15 is 0 Å². The standard InChI is InChI=1S/C12H10N6O/c19-12(17-7-5-13-9-17)16-10-2-3-11(14-8-10)18-6-1-4-15-18/h1-9H,(H,16,19). The quantitative estimate of drug-likeness (QED) is 0.752. The number of hydrogen-bond donors (Lipinski definition) is 1. The molecule has 0 aliphatic carbocycles. The van der Waals surface area contributed by atoms with Crippen molar-refractivity contribution in [2.75, 3.05) is 5.32 Å². The molecule has 3 rings (SSSR count). The van der Waals surface area contributed by atoms with Gasteiger partial charge in [-0.05, 0) is 18.2 Å². The minimum absolute atomic E-state index is 0.286. The lowest BCUT2D eigenvalue weighted by molar-refractivity contribution is 0.253. The zero-order valence-corrected chi connectivity index (χ0v) is 9.84. The van der Waals surface area contributed by atoms with Gasteiger partial charge in [0.05, 0.1) is 11.9 Å². The second kappa shape index (κ2) is 4.73. The predicted molar refractivity (Wildman–Crippen MR) is 68.0 cm³/mol. The molecule has 0 saturated carbocycles. The molecule has 94 valence electrons. The number of pyridine rings is 1. The van der Waals surface area contributed by atoms with E-state index in [-0.39, 0.29) is 6.03 Å². The van der Waals surface area contributed by atoms with Crippen molar-refractivity contribution in [2.45, 2.75) is 0 Å². The molecule has 0 fully saturated rings. The average molecular weight is 254 g/mol. The minimum atomic E-state index is -0.286. The Morgan fingerprint density at radius 2 is 2.16 bits per heavy atom. The van der Waals surface area contributed by atoms with E-state index in [1.165, 1.54) is 10.9 Å². The van der Waals surface area contributed by atoms with Crippen LogP contribution >= 0.6 is 0 Å². The van der Waals surface area contributed by atoms with Crippen LogP contribution in [0.3, 0.4) is 0 Å². The molecular formula is C12H10N6O. The number of carbonyl (C=O) groups is 1. The van der Waals surface area contributed by atoms with Crippen molar-refractivity contribution >= 4 is 11.7 Å². The van der Waals surface area contributed by atoms with Crippen molar-refractivity contribution in [3.63, 3.8) is 0 Å². The molecular weight excluding hydrogens is 244 g/mol. The zero-order valence-electron chi connectivity index (χ0n) is 9.84. The molecule has 3 aromatic heterocycles. The maximum absolute atomic E-state index is 11.8. The van der Waals surface area contributed by atoms with Crippen molar-refractivity contribution in [2.24, 2.45) is 0 Å². The number of anilines is 1. The van der Waals surface area contributed by atoms with Gasteiger partial charge in [-0.2, -0.15) is 5.10 Å². The Morgan fingerprint density at radius 1 is 1.21 bits per heavy atom. The van der Waals surface area contributed by atoms with E-state index in [2.05, 4.69) is 20.4 Å². The smallest absolute Gasteiger partial charge is 0.306 e. The Hall–Kier alpha value is -2.96. The fourth-order valence-electron chi connectivity index (χ4n) is 1.57. The number of hydrogen-bond acceptors (Lipinski definition) is 4. The molecule has 1 N–H and O–H groups in total. The van der Waals surface area contributed by atoms with Gasteiger partial charge in [-0.25, -0.2) is 19.4 Å². The summed E-state index contributed by atoms with van der Waals surface area (Å²) < 4.78 is 2.99. The van der Waals surface area contributed by atoms with Crippen LogP contribution in [-0.4, -0.2) is 30.3 Å². The molecule has 7 nitrogen and oxygen atoms in total. The number of rotatable bonds is 2. The Bertz CT molecular complexity index is 657. The molecule has 0 spiro atoms. The van der Waals surface area contributed by atoms with Gasteiger partial charge in [0.25, 0.3) is 0 Å².